The molecular formula is C21H23NO2. The molecule has 24 heavy (non-hydrogen) atoms. The summed E-state index contributed by atoms with van der Waals surface area (Å²) in [6.07, 6.45) is 6.02. The lowest BCUT2D eigenvalue weighted by Gasteiger charge is -2.21. The maximum atomic E-state index is 12.6. The molecule has 0 aromatic heterocycles. The van der Waals surface area contributed by atoms with Gasteiger partial charge in [0.05, 0.1) is 7.11 Å². The molecule has 1 aliphatic carbocycles. The van der Waals surface area contributed by atoms with Crippen LogP contribution in [0.1, 0.15) is 24.0 Å². The van der Waals surface area contributed by atoms with Crippen LogP contribution in [-0.4, -0.2) is 24.5 Å². The molecule has 0 N–H and O–H groups in total. The normalized spacial score (nSPS) is 13.9. The zero-order chi connectivity index (χ0) is 16.8. The molecule has 0 atom stereocenters. The van der Waals surface area contributed by atoms with E-state index in [0.717, 1.165) is 17.9 Å². The Labute approximate surface area is 143 Å². The molecule has 3 heteroatoms. The molecule has 0 aliphatic heterocycles. The van der Waals surface area contributed by atoms with Crippen LogP contribution in [0.4, 0.5) is 0 Å². The zero-order valence-corrected chi connectivity index (χ0v) is 14.0. The Balaban J connectivity index is 1.66. The van der Waals surface area contributed by atoms with Crippen molar-refractivity contribution in [1.82, 2.24) is 4.90 Å². The van der Waals surface area contributed by atoms with Crippen LogP contribution in [0, 0.1) is 5.92 Å². The van der Waals surface area contributed by atoms with Gasteiger partial charge in [-0.2, -0.15) is 0 Å². The fourth-order valence-corrected chi connectivity index (χ4v) is 2.64. The van der Waals surface area contributed by atoms with E-state index in [1.165, 1.54) is 18.4 Å². The van der Waals surface area contributed by atoms with Crippen molar-refractivity contribution in [2.45, 2.75) is 19.4 Å². The number of carbonyl (C=O) groups is 1. The van der Waals surface area contributed by atoms with E-state index >= 15 is 0 Å². The van der Waals surface area contributed by atoms with E-state index in [-0.39, 0.29) is 5.91 Å². The fourth-order valence-electron chi connectivity index (χ4n) is 2.64. The van der Waals surface area contributed by atoms with Gasteiger partial charge < -0.3 is 9.64 Å². The molecule has 1 aliphatic rings. The number of amides is 1. The van der Waals surface area contributed by atoms with E-state index in [0.29, 0.717) is 12.5 Å². The second-order valence-electron chi connectivity index (χ2n) is 6.25. The van der Waals surface area contributed by atoms with Gasteiger partial charge in [0, 0.05) is 19.2 Å². The molecule has 2 aromatic carbocycles. The lowest BCUT2D eigenvalue weighted by molar-refractivity contribution is -0.126. The molecule has 2 aromatic rings. The second kappa shape index (κ2) is 7.82. The van der Waals surface area contributed by atoms with Gasteiger partial charge in [-0.25, -0.2) is 0 Å². The summed E-state index contributed by atoms with van der Waals surface area (Å²) in [4.78, 5) is 14.6. The minimum absolute atomic E-state index is 0.0709. The summed E-state index contributed by atoms with van der Waals surface area (Å²) in [5.41, 5.74) is 2.17. The van der Waals surface area contributed by atoms with Gasteiger partial charge in [-0.1, -0.05) is 42.5 Å². The summed E-state index contributed by atoms with van der Waals surface area (Å²) in [7, 11) is 1.65. The van der Waals surface area contributed by atoms with Crippen LogP contribution in [0.2, 0.25) is 0 Å². The standard InChI is InChI=1S/C21H23NO2/c1-24-20-12-9-17(10-13-20)11-14-21(23)22(16-19-7-8-19)15-18-5-3-2-4-6-18/h2-6,9-14,19H,7-8,15-16H2,1H3/b14-11+. The predicted molar refractivity (Wildman–Crippen MR) is 96.6 cm³/mol. The first-order chi connectivity index (χ1) is 11.7. The minimum atomic E-state index is 0.0709. The molecule has 1 saturated carbocycles. The highest BCUT2D eigenvalue weighted by atomic mass is 16.5. The lowest BCUT2D eigenvalue weighted by Crippen LogP contribution is -2.31. The van der Waals surface area contributed by atoms with Crippen molar-refractivity contribution in [3.63, 3.8) is 0 Å². The minimum Gasteiger partial charge on any atom is -0.497 e. The van der Waals surface area contributed by atoms with Crippen molar-refractivity contribution in [3.05, 3.63) is 71.8 Å². The quantitative estimate of drug-likeness (QED) is 0.717. The van der Waals surface area contributed by atoms with Crippen molar-refractivity contribution in [3.8, 4) is 5.75 Å². The third-order valence-electron chi connectivity index (χ3n) is 4.24. The second-order valence-corrected chi connectivity index (χ2v) is 6.25. The summed E-state index contributed by atoms with van der Waals surface area (Å²) < 4.78 is 5.15. The molecule has 3 rings (SSSR count). The average molecular weight is 321 g/mol. The van der Waals surface area contributed by atoms with Crippen LogP contribution >= 0.6 is 0 Å². The fraction of sp³-hybridized carbons (Fsp3) is 0.286. The highest BCUT2D eigenvalue weighted by molar-refractivity contribution is 5.91. The summed E-state index contributed by atoms with van der Waals surface area (Å²) in [6.45, 7) is 1.52. The van der Waals surface area contributed by atoms with Crippen LogP contribution in [0.25, 0.3) is 6.08 Å². The molecular weight excluding hydrogens is 298 g/mol. The van der Waals surface area contributed by atoms with Gasteiger partial charge in [0.15, 0.2) is 0 Å². The van der Waals surface area contributed by atoms with E-state index in [1.54, 1.807) is 13.2 Å². The van der Waals surface area contributed by atoms with Crippen molar-refractivity contribution in [1.29, 1.82) is 0 Å². The Hall–Kier alpha value is -2.55. The van der Waals surface area contributed by atoms with E-state index < -0.39 is 0 Å². The third-order valence-corrected chi connectivity index (χ3v) is 4.24. The van der Waals surface area contributed by atoms with Gasteiger partial charge in [0.2, 0.25) is 5.91 Å². The summed E-state index contributed by atoms with van der Waals surface area (Å²) in [6, 6.07) is 17.9. The maximum absolute atomic E-state index is 12.6. The SMILES string of the molecule is COc1ccc(/C=C/C(=O)N(Cc2ccccc2)CC2CC2)cc1. The van der Waals surface area contributed by atoms with Crippen molar-refractivity contribution < 1.29 is 9.53 Å². The van der Waals surface area contributed by atoms with Crippen molar-refractivity contribution >= 4 is 12.0 Å². The van der Waals surface area contributed by atoms with Gasteiger partial charge in [-0.3, -0.25) is 4.79 Å². The van der Waals surface area contributed by atoms with Gasteiger partial charge in [-0.15, -0.1) is 0 Å². The molecule has 0 heterocycles. The summed E-state index contributed by atoms with van der Waals surface area (Å²) >= 11 is 0. The first-order valence-electron chi connectivity index (χ1n) is 8.39. The van der Waals surface area contributed by atoms with E-state index in [4.69, 9.17) is 4.74 Å². The van der Waals surface area contributed by atoms with E-state index in [1.807, 2.05) is 53.4 Å². The Kier molecular flexibility index (Phi) is 5.32. The molecule has 1 fully saturated rings. The molecule has 0 bridgehead atoms. The topological polar surface area (TPSA) is 29.5 Å². The number of rotatable bonds is 7. The highest BCUT2D eigenvalue weighted by Crippen LogP contribution is 2.30. The van der Waals surface area contributed by atoms with Gasteiger partial charge in [0.25, 0.3) is 0 Å². The molecule has 1 amide bonds. The molecule has 124 valence electrons. The smallest absolute Gasteiger partial charge is 0.246 e. The number of ether oxygens (including phenoxy) is 1. The summed E-state index contributed by atoms with van der Waals surface area (Å²) in [5, 5.41) is 0. The first kappa shape index (κ1) is 16.3. The Morgan fingerprint density at radius 3 is 2.46 bits per heavy atom. The van der Waals surface area contributed by atoms with Crippen LogP contribution in [0.5, 0.6) is 5.75 Å². The van der Waals surface area contributed by atoms with E-state index in [2.05, 4.69) is 12.1 Å². The Bertz CT molecular complexity index is 688. The number of benzene rings is 2. The summed E-state index contributed by atoms with van der Waals surface area (Å²) in [5.74, 6) is 1.56. The first-order valence-corrected chi connectivity index (χ1v) is 8.39. The van der Waals surface area contributed by atoms with Crippen molar-refractivity contribution in [2.75, 3.05) is 13.7 Å². The number of hydrogen-bond acceptors (Lipinski definition) is 2. The Morgan fingerprint density at radius 1 is 1.12 bits per heavy atom. The number of nitrogens with zero attached hydrogens (tertiary/aromatic N) is 1. The highest BCUT2D eigenvalue weighted by Gasteiger charge is 2.26. The number of methoxy groups -OCH3 is 1. The van der Waals surface area contributed by atoms with Gasteiger partial charge in [0.1, 0.15) is 5.75 Å². The van der Waals surface area contributed by atoms with Crippen molar-refractivity contribution in [2.24, 2.45) is 5.92 Å². The Morgan fingerprint density at radius 2 is 1.83 bits per heavy atom. The third kappa shape index (κ3) is 4.72. The number of carbonyl (C=O) groups excluding carboxylic acids is 1. The monoisotopic (exact) mass is 321 g/mol. The molecule has 0 unspecified atom stereocenters. The zero-order valence-electron chi connectivity index (χ0n) is 14.0. The molecule has 0 radical (unpaired) electrons. The van der Waals surface area contributed by atoms with Crippen LogP contribution in [0.15, 0.2) is 60.7 Å². The lowest BCUT2D eigenvalue weighted by atomic mass is 10.2. The van der Waals surface area contributed by atoms with Gasteiger partial charge >= 0.3 is 0 Å². The number of hydrogen-bond donors (Lipinski definition) is 0. The molecule has 0 saturated heterocycles. The van der Waals surface area contributed by atoms with Crippen LogP contribution < -0.4 is 4.74 Å². The van der Waals surface area contributed by atoms with Crippen LogP contribution in [0.3, 0.4) is 0 Å². The maximum Gasteiger partial charge on any atom is 0.246 e. The predicted octanol–water partition coefficient (Wildman–Crippen LogP) is 4.15. The van der Waals surface area contributed by atoms with Crippen LogP contribution in [-0.2, 0) is 11.3 Å². The average Bonchev–Trinajstić information content (AvgIpc) is 3.44. The molecule has 3 nitrogen and oxygen atoms in total. The largest absolute Gasteiger partial charge is 0.497 e. The molecule has 0 spiro atoms. The van der Waals surface area contributed by atoms with E-state index in [9.17, 15) is 4.79 Å². The van der Waals surface area contributed by atoms with Gasteiger partial charge in [-0.05, 0) is 48.1 Å².